The SMILES string of the molecule is CN1N=CN(CC(C)(C)C)C1CC(C)(C)C. The topological polar surface area (TPSA) is 18.8 Å². The highest BCUT2D eigenvalue weighted by Gasteiger charge is 2.31. The molecule has 0 radical (unpaired) electrons. The summed E-state index contributed by atoms with van der Waals surface area (Å²) in [7, 11) is 2.07. The lowest BCUT2D eigenvalue weighted by Gasteiger charge is -2.36. The zero-order chi connectivity index (χ0) is 12.6. The minimum Gasteiger partial charge on any atom is -0.339 e. The summed E-state index contributed by atoms with van der Waals surface area (Å²) in [5.41, 5.74) is 0.649. The van der Waals surface area contributed by atoms with Crippen molar-refractivity contribution in [1.82, 2.24) is 9.91 Å². The van der Waals surface area contributed by atoms with Gasteiger partial charge >= 0.3 is 0 Å². The molecule has 0 saturated heterocycles. The summed E-state index contributed by atoms with van der Waals surface area (Å²) < 4.78 is 0. The van der Waals surface area contributed by atoms with Gasteiger partial charge < -0.3 is 4.90 Å². The predicted molar refractivity (Wildman–Crippen MR) is 70.3 cm³/mol. The Labute approximate surface area is 100 Å². The van der Waals surface area contributed by atoms with Gasteiger partial charge in [-0.15, -0.1) is 0 Å². The maximum Gasteiger partial charge on any atom is 0.119 e. The lowest BCUT2D eigenvalue weighted by molar-refractivity contribution is 0.0904. The fourth-order valence-electron chi connectivity index (χ4n) is 2.01. The first-order chi connectivity index (χ1) is 7.08. The van der Waals surface area contributed by atoms with Gasteiger partial charge in [-0.25, -0.2) is 0 Å². The van der Waals surface area contributed by atoms with Gasteiger partial charge in [0.2, 0.25) is 0 Å². The van der Waals surface area contributed by atoms with Crippen molar-refractivity contribution in [2.75, 3.05) is 13.6 Å². The van der Waals surface area contributed by atoms with E-state index < -0.39 is 0 Å². The van der Waals surface area contributed by atoms with Crippen molar-refractivity contribution in [2.24, 2.45) is 15.9 Å². The molecule has 1 heterocycles. The number of rotatable bonds is 2. The largest absolute Gasteiger partial charge is 0.339 e. The van der Waals surface area contributed by atoms with E-state index in [-0.39, 0.29) is 0 Å². The van der Waals surface area contributed by atoms with Crippen molar-refractivity contribution in [1.29, 1.82) is 0 Å². The fraction of sp³-hybridized carbons (Fsp3) is 0.923. The molecule has 0 aromatic heterocycles. The Morgan fingerprint density at radius 2 is 1.62 bits per heavy atom. The molecule has 0 fully saturated rings. The maximum absolute atomic E-state index is 4.40. The molecule has 1 aliphatic heterocycles. The Hall–Kier alpha value is -0.730. The van der Waals surface area contributed by atoms with Crippen LogP contribution in [0.2, 0.25) is 0 Å². The van der Waals surface area contributed by atoms with Gasteiger partial charge in [0.15, 0.2) is 0 Å². The summed E-state index contributed by atoms with van der Waals surface area (Å²) in [4.78, 5) is 2.37. The van der Waals surface area contributed by atoms with Crippen molar-refractivity contribution < 1.29 is 0 Å². The highest BCUT2D eigenvalue weighted by Crippen LogP contribution is 2.28. The molecule has 1 aliphatic rings. The summed E-state index contributed by atoms with van der Waals surface area (Å²) in [5, 5.41) is 6.48. The highest BCUT2D eigenvalue weighted by molar-refractivity contribution is 5.57. The summed E-state index contributed by atoms with van der Waals surface area (Å²) in [5.74, 6) is 0. The molecular weight excluding hydrogens is 198 g/mol. The standard InChI is InChI=1S/C13H27N3/c1-12(2,3)8-11-15(7)14-10-16(11)9-13(4,5)6/h10-11H,8-9H2,1-7H3. The van der Waals surface area contributed by atoms with Crippen LogP contribution in [0, 0.1) is 10.8 Å². The van der Waals surface area contributed by atoms with E-state index >= 15 is 0 Å². The second-order valence-corrected chi connectivity index (χ2v) is 7.28. The number of nitrogens with zero attached hydrogens (tertiary/aromatic N) is 3. The molecule has 0 aromatic carbocycles. The monoisotopic (exact) mass is 225 g/mol. The van der Waals surface area contributed by atoms with Crippen LogP contribution in [0.1, 0.15) is 48.0 Å². The number of hydrogen-bond acceptors (Lipinski definition) is 3. The second kappa shape index (κ2) is 4.27. The van der Waals surface area contributed by atoms with Crippen LogP contribution >= 0.6 is 0 Å². The molecule has 16 heavy (non-hydrogen) atoms. The molecule has 0 saturated carbocycles. The molecule has 1 rings (SSSR count). The van der Waals surface area contributed by atoms with Crippen LogP contribution in [0.4, 0.5) is 0 Å². The van der Waals surface area contributed by atoms with Gasteiger partial charge in [-0.1, -0.05) is 41.5 Å². The number of hydrogen-bond donors (Lipinski definition) is 0. The molecule has 3 heteroatoms. The third-order valence-electron chi connectivity index (χ3n) is 2.65. The normalized spacial score (nSPS) is 22.1. The van der Waals surface area contributed by atoms with Gasteiger partial charge in [-0.3, -0.25) is 5.01 Å². The van der Waals surface area contributed by atoms with E-state index in [1.165, 1.54) is 0 Å². The third-order valence-corrected chi connectivity index (χ3v) is 2.65. The van der Waals surface area contributed by atoms with Crippen LogP contribution in [0.5, 0.6) is 0 Å². The van der Waals surface area contributed by atoms with Crippen LogP contribution in [-0.4, -0.2) is 36.0 Å². The van der Waals surface area contributed by atoms with E-state index in [0.717, 1.165) is 13.0 Å². The van der Waals surface area contributed by atoms with Crippen LogP contribution in [0.15, 0.2) is 5.10 Å². The molecule has 3 nitrogen and oxygen atoms in total. The van der Waals surface area contributed by atoms with Crippen LogP contribution in [0.25, 0.3) is 0 Å². The van der Waals surface area contributed by atoms with Gasteiger partial charge in [-0.2, -0.15) is 5.10 Å². The average molecular weight is 225 g/mol. The fourth-order valence-corrected chi connectivity index (χ4v) is 2.01. The van der Waals surface area contributed by atoms with E-state index in [1.807, 2.05) is 6.34 Å². The Kier molecular flexibility index (Phi) is 3.56. The van der Waals surface area contributed by atoms with E-state index in [4.69, 9.17) is 0 Å². The van der Waals surface area contributed by atoms with Crippen LogP contribution in [0.3, 0.4) is 0 Å². The Bertz CT molecular complexity index is 257. The predicted octanol–water partition coefficient (Wildman–Crippen LogP) is 2.99. The summed E-state index contributed by atoms with van der Waals surface area (Å²) in [6.45, 7) is 14.7. The van der Waals surface area contributed by atoms with Gasteiger partial charge in [0.1, 0.15) is 12.5 Å². The zero-order valence-electron chi connectivity index (χ0n) is 11.9. The molecule has 0 amide bonds. The molecule has 1 atom stereocenters. The third kappa shape index (κ3) is 4.03. The molecule has 94 valence electrons. The van der Waals surface area contributed by atoms with Gasteiger partial charge in [-0.05, 0) is 17.3 Å². The lowest BCUT2D eigenvalue weighted by Crippen LogP contribution is -2.44. The Balaban J connectivity index is 2.66. The molecule has 0 N–H and O–H groups in total. The summed E-state index contributed by atoms with van der Waals surface area (Å²) in [6, 6.07) is 0. The lowest BCUT2D eigenvalue weighted by atomic mass is 9.89. The quantitative estimate of drug-likeness (QED) is 0.719. The van der Waals surface area contributed by atoms with Gasteiger partial charge in [0.25, 0.3) is 0 Å². The molecule has 0 bridgehead atoms. The first kappa shape index (κ1) is 13.3. The summed E-state index contributed by atoms with van der Waals surface area (Å²) >= 11 is 0. The smallest absolute Gasteiger partial charge is 0.119 e. The van der Waals surface area contributed by atoms with Crippen molar-refractivity contribution in [3.63, 3.8) is 0 Å². The van der Waals surface area contributed by atoms with E-state index in [9.17, 15) is 0 Å². The molecule has 0 aromatic rings. The minimum absolute atomic E-state index is 0.313. The average Bonchev–Trinajstić information content (AvgIpc) is 2.30. The second-order valence-electron chi connectivity index (χ2n) is 7.28. The van der Waals surface area contributed by atoms with Crippen molar-refractivity contribution in [2.45, 2.75) is 54.1 Å². The number of hydrazone groups is 1. The van der Waals surface area contributed by atoms with Crippen molar-refractivity contribution in [3.8, 4) is 0 Å². The van der Waals surface area contributed by atoms with Crippen molar-refractivity contribution >= 4 is 6.34 Å². The maximum atomic E-state index is 4.40. The summed E-state index contributed by atoms with van der Waals surface area (Å²) in [6.07, 6.45) is 3.54. The first-order valence-corrected chi connectivity index (χ1v) is 6.11. The zero-order valence-corrected chi connectivity index (χ0v) is 11.9. The first-order valence-electron chi connectivity index (χ1n) is 6.11. The highest BCUT2D eigenvalue weighted by atomic mass is 15.6. The molecule has 1 unspecified atom stereocenters. The van der Waals surface area contributed by atoms with Crippen molar-refractivity contribution in [3.05, 3.63) is 0 Å². The van der Waals surface area contributed by atoms with Gasteiger partial charge in [0.05, 0.1) is 0 Å². The van der Waals surface area contributed by atoms with Gasteiger partial charge in [0, 0.05) is 13.6 Å². The minimum atomic E-state index is 0.313. The molecule has 0 spiro atoms. The van der Waals surface area contributed by atoms with E-state index in [1.54, 1.807) is 0 Å². The molecule has 0 aliphatic carbocycles. The van der Waals surface area contributed by atoms with Crippen LogP contribution < -0.4 is 0 Å². The Morgan fingerprint density at radius 1 is 1.06 bits per heavy atom. The molecular formula is C13H27N3. The Morgan fingerprint density at radius 3 is 2.06 bits per heavy atom. The van der Waals surface area contributed by atoms with E-state index in [0.29, 0.717) is 17.0 Å². The van der Waals surface area contributed by atoms with Crippen LogP contribution in [-0.2, 0) is 0 Å². The van der Waals surface area contributed by atoms with E-state index in [2.05, 4.69) is 63.6 Å².